The second-order valence-electron chi connectivity index (χ2n) is 11.5. The molecule has 0 aliphatic carbocycles. The van der Waals surface area contributed by atoms with Crippen molar-refractivity contribution in [3.05, 3.63) is 60.8 Å². The molecule has 1 amide bonds. The zero-order valence-electron chi connectivity index (χ0n) is 28.4. The highest BCUT2D eigenvalue weighted by molar-refractivity contribution is 5.83. The molecule has 0 aliphatic heterocycles. The maximum atomic E-state index is 12.5. The third kappa shape index (κ3) is 29.5. The number of carboxylic acid groups (broad SMARTS) is 1. The number of nitrogens with one attached hydrogen (secondary N) is 1. The Kier molecular flexibility index (Phi) is 30.3. The molecule has 2 unspecified atom stereocenters. The lowest BCUT2D eigenvalue weighted by molar-refractivity contribution is -0.145. The van der Waals surface area contributed by atoms with Gasteiger partial charge in [0.1, 0.15) is 12.1 Å². The number of unbranched alkanes of at least 4 members (excludes halogenated alkanes) is 10. The molecule has 0 aromatic rings. The number of amides is 1. The normalized spacial score (nSPS) is 13.5. The smallest absolute Gasteiger partial charge is 0.326 e. The summed E-state index contributed by atoms with van der Waals surface area (Å²) in [5.74, 6) is -1.42. The molecule has 0 rings (SSSR count). The third-order valence-electron chi connectivity index (χ3n) is 7.28. The molecule has 0 spiro atoms. The van der Waals surface area contributed by atoms with E-state index in [-0.39, 0.29) is 18.0 Å². The van der Waals surface area contributed by atoms with Gasteiger partial charge in [-0.25, -0.2) is 4.79 Å². The lowest BCUT2D eigenvalue weighted by Crippen LogP contribution is -2.40. The molecule has 0 aromatic carbocycles. The van der Waals surface area contributed by atoms with Gasteiger partial charge in [0.25, 0.3) is 0 Å². The molecule has 0 saturated carbocycles. The van der Waals surface area contributed by atoms with Gasteiger partial charge >= 0.3 is 11.9 Å². The van der Waals surface area contributed by atoms with E-state index in [0.717, 1.165) is 64.2 Å². The number of carboxylic acids is 1. The number of rotatable bonds is 30. The van der Waals surface area contributed by atoms with Crippen LogP contribution in [0, 0.1) is 0 Å². The molecular formula is C38H64N2O5. The van der Waals surface area contributed by atoms with Gasteiger partial charge in [-0.2, -0.15) is 0 Å². The van der Waals surface area contributed by atoms with Crippen molar-refractivity contribution < 1.29 is 24.2 Å². The minimum absolute atomic E-state index is 0.162. The van der Waals surface area contributed by atoms with Crippen LogP contribution >= 0.6 is 0 Å². The van der Waals surface area contributed by atoms with Gasteiger partial charge in [-0.1, -0.05) is 101 Å². The van der Waals surface area contributed by atoms with Crippen LogP contribution in [0.4, 0.5) is 0 Å². The summed E-state index contributed by atoms with van der Waals surface area (Å²) >= 11 is 0. The number of nitrogens with two attached hydrogens (primary N) is 1. The van der Waals surface area contributed by atoms with Crippen molar-refractivity contribution in [3.8, 4) is 0 Å². The highest BCUT2D eigenvalue weighted by atomic mass is 16.5. The molecule has 256 valence electrons. The van der Waals surface area contributed by atoms with Crippen molar-refractivity contribution in [2.45, 2.75) is 154 Å². The summed E-state index contributed by atoms with van der Waals surface area (Å²) in [7, 11) is 0. The average molecular weight is 629 g/mol. The number of allylic oxidation sites excluding steroid dienone is 8. The van der Waals surface area contributed by atoms with Crippen molar-refractivity contribution in [2.24, 2.45) is 5.73 Å². The van der Waals surface area contributed by atoms with Gasteiger partial charge in [0.2, 0.25) is 5.91 Å². The Hall–Kier alpha value is -2.93. The van der Waals surface area contributed by atoms with E-state index >= 15 is 0 Å². The van der Waals surface area contributed by atoms with Crippen LogP contribution in [0.15, 0.2) is 60.8 Å². The molecule has 0 fully saturated rings. The summed E-state index contributed by atoms with van der Waals surface area (Å²) in [6.07, 6.45) is 38.8. The highest BCUT2D eigenvalue weighted by Crippen LogP contribution is 2.11. The topological polar surface area (TPSA) is 119 Å². The molecule has 0 aliphatic rings. The minimum Gasteiger partial charge on any atom is -0.480 e. The van der Waals surface area contributed by atoms with Crippen molar-refractivity contribution in [1.29, 1.82) is 0 Å². The summed E-state index contributed by atoms with van der Waals surface area (Å²) in [6, 6.07) is -0.876. The molecule has 2 atom stereocenters. The predicted octanol–water partition coefficient (Wildman–Crippen LogP) is 9.05. The van der Waals surface area contributed by atoms with E-state index in [0.29, 0.717) is 38.6 Å². The molecule has 0 saturated heterocycles. The zero-order valence-corrected chi connectivity index (χ0v) is 28.4. The van der Waals surface area contributed by atoms with Gasteiger partial charge in [-0.15, -0.1) is 0 Å². The van der Waals surface area contributed by atoms with Crippen molar-refractivity contribution in [1.82, 2.24) is 5.32 Å². The molecule has 0 bridgehead atoms. The number of aliphatic carboxylic acids is 1. The molecule has 0 aromatic heterocycles. The van der Waals surface area contributed by atoms with Gasteiger partial charge in [-0.05, 0) is 95.7 Å². The van der Waals surface area contributed by atoms with Gasteiger partial charge in [0.05, 0.1) is 0 Å². The summed E-state index contributed by atoms with van der Waals surface area (Å²) in [5, 5.41) is 11.8. The number of hydrogen-bond acceptors (Lipinski definition) is 5. The Balaban J connectivity index is 4.31. The quantitative estimate of drug-likeness (QED) is 0.0415. The first-order chi connectivity index (χ1) is 21.9. The second-order valence-corrected chi connectivity index (χ2v) is 11.5. The van der Waals surface area contributed by atoms with Gasteiger partial charge in [-0.3, -0.25) is 9.59 Å². The molecule has 7 nitrogen and oxygen atoms in total. The fraction of sp³-hybridized carbons (Fsp3) is 0.658. The molecule has 0 heterocycles. The zero-order chi connectivity index (χ0) is 33.2. The van der Waals surface area contributed by atoms with Crippen LogP contribution in [0.25, 0.3) is 0 Å². The number of carbonyl (C=O) groups excluding carboxylic acids is 2. The molecular weight excluding hydrogens is 564 g/mol. The summed E-state index contributed by atoms with van der Waals surface area (Å²) in [5.41, 5.74) is 5.45. The molecule has 7 heteroatoms. The average Bonchev–Trinajstić information content (AvgIpc) is 3.02. The Morgan fingerprint density at radius 2 is 1.27 bits per heavy atom. The fourth-order valence-corrected chi connectivity index (χ4v) is 4.60. The van der Waals surface area contributed by atoms with E-state index in [1.807, 2.05) is 24.3 Å². The summed E-state index contributed by atoms with van der Waals surface area (Å²) < 4.78 is 5.75. The third-order valence-corrected chi connectivity index (χ3v) is 7.28. The van der Waals surface area contributed by atoms with Crippen LogP contribution in [0.1, 0.15) is 142 Å². The monoisotopic (exact) mass is 628 g/mol. The van der Waals surface area contributed by atoms with Crippen molar-refractivity contribution in [2.75, 3.05) is 6.54 Å². The maximum absolute atomic E-state index is 12.5. The van der Waals surface area contributed by atoms with Gasteiger partial charge in [0.15, 0.2) is 0 Å². The van der Waals surface area contributed by atoms with E-state index in [1.54, 1.807) is 0 Å². The maximum Gasteiger partial charge on any atom is 0.326 e. The standard InChI is InChI=1S/C38H64N2O5/c1-3-5-7-9-10-11-12-13-14-15-16-17-22-26-32-37(42)45-34(28-23-19-8-6-4-2)29-24-20-18-21-25-31-36(41)40-35(38(43)44)30-27-33-39/h6,8-10,12-13,23-24,28-29,34-35H,3-5,7,11,14-22,25-27,30-33,39H2,1-2H3,(H,40,41)(H,43,44)/b8-6-,10-9-,13-12-,28-23-,29-24-. The second kappa shape index (κ2) is 32.5. The fourth-order valence-electron chi connectivity index (χ4n) is 4.60. The lowest BCUT2D eigenvalue weighted by Gasteiger charge is -2.13. The largest absolute Gasteiger partial charge is 0.480 e. The Bertz CT molecular complexity index is 891. The van der Waals surface area contributed by atoms with E-state index < -0.39 is 12.0 Å². The van der Waals surface area contributed by atoms with Crippen LogP contribution in [-0.2, 0) is 19.1 Å². The van der Waals surface area contributed by atoms with Crippen LogP contribution in [0.3, 0.4) is 0 Å². The van der Waals surface area contributed by atoms with Crippen LogP contribution in [-0.4, -0.2) is 41.6 Å². The first-order valence-electron chi connectivity index (χ1n) is 17.6. The van der Waals surface area contributed by atoms with Gasteiger partial charge < -0.3 is 20.9 Å². The Labute approximate surface area is 274 Å². The summed E-state index contributed by atoms with van der Waals surface area (Å²) in [4.78, 5) is 35.9. The number of carbonyl (C=O) groups is 3. The number of ether oxygens (including phenoxy) is 1. The van der Waals surface area contributed by atoms with E-state index in [9.17, 15) is 19.5 Å². The SMILES string of the molecule is CC/C=C\C/C=C\C(/C=C\CCCCCC(=O)NC(CCCN)C(=O)O)OC(=O)CCCCCCC/C=C\C/C=C\CCCC. The highest BCUT2D eigenvalue weighted by Gasteiger charge is 2.18. The molecule has 45 heavy (non-hydrogen) atoms. The first kappa shape index (κ1) is 42.1. The van der Waals surface area contributed by atoms with Crippen LogP contribution < -0.4 is 11.1 Å². The Morgan fingerprint density at radius 1 is 0.689 bits per heavy atom. The minimum atomic E-state index is -1.02. The molecule has 4 N–H and O–H groups in total. The first-order valence-corrected chi connectivity index (χ1v) is 17.6. The van der Waals surface area contributed by atoms with E-state index in [1.165, 1.54) is 32.1 Å². The molecule has 0 radical (unpaired) electrons. The predicted molar refractivity (Wildman–Crippen MR) is 188 cm³/mol. The van der Waals surface area contributed by atoms with Gasteiger partial charge in [0, 0.05) is 12.8 Å². The van der Waals surface area contributed by atoms with Crippen LogP contribution in [0.5, 0.6) is 0 Å². The lowest BCUT2D eigenvalue weighted by atomic mass is 10.1. The van der Waals surface area contributed by atoms with Crippen molar-refractivity contribution in [3.63, 3.8) is 0 Å². The van der Waals surface area contributed by atoms with Crippen molar-refractivity contribution >= 4 is 17.8 Å². The van der Waals surface area contributed by atoms with Crippen LogP contribution in [0.2, 0.25) is 0 Å². The number of hydrogen-bond donors (Lipinski definition) is 3. The van der Waals surface area contributed by atoms with E-state index in [4.69, 9.17) is 10.5 Å². The van der Waals surface area contributed by atoms with E-state index in [2.05, 4.69) is 55.6 Å². The Morgan fingerprint density at radius 3 is 1.96 bits per heavy atom. The number of esters is 1. The summed E-state index contributed by atoms with van der Waals surface area (Å²) in [6.45, 7) is 4.72.